The number of rotatable bonds is 7. The van der Waals surface area contributed by atoms with Crippen LogP contribution in [0.15, 0.2) is 48.7 Å². The maximum atomic E-state index is 11.8. The molecule has 0 aliphatic carbocycles. The number of methoxy groups -OCH3 is 1. The molecule has 1 atom stereocenters. The topological polar surface area (TPSA) is 118 Å². The second-order valence-electron chi connectivity index (χ2n) is 10.2. The summed E-state index contributed by atoms with van der Waals surface area (Å²) < 4.78 is 17.5. The number of piperidine rings is 1. The number of imidazole rings is 1. The molecule has 11 heteroatoms. The summed E-state index contributed by atoms with van der Waals surface area (Å²) in [6.07, 6.45) is 5.72. The van der Waals surface area contributed by atoms with Gasteiger partial charge in [0.25, 0.3) is 0 Å². The van der Waals surface area contributed by atoms with Crippen LogP contribution >= 0.6 is 11.6 Å². The van der Waals surface area contributed by atoms with Gasteiger partial charge in [-0.05, 0) is 56.5 Å². The number of hydrogen-bond donors (Lipinski definition) is 1. The Labute approximate surface area is 271 Å². The van der Waals surface area contributed by atoms with E-state index < -0.39 is 0 Å². The number of benzene rings is 2. The molecule has 6 rings (SSSR count). The van der Waals surface area contributed by atoms with Gasteiger partial charge >= 0.3 is 5.97 Å². The predicted octanol–water partition coefficient (Wildman–Crippen LogP) is 7.33. The first-order valence-electron chi connectivity index (χ1n) is 15.7. The van der Waals surface area contributed by atoms with Crippen LogP contribution in [0.5, 0.6) is 5.88 Å². The molecule has 2 aromatic heterocycles. The Morgan fingerprint density at radius 2 is 1.82 bits per heavy atom. The number of halogens is 1. The summed E-state index contributed by atoms with van der Waals surface area (Å²) in [5.41, 5.74) is 3.50. The molecule has 0 amide bonds. The molecule has 0 bridgehead atoms. The summed E-state index contributed by atoms with van der Waals surface area (Å²) in [6.45, 7) is 13.9. The monoisotopic (exact) mass is 636 g/mol. The molecule has 2 aliphatic heterocycles. The molecule has 2 fully saturated rings. The van der Waals surface area contributed by atoms with Crippen LogP contribution in [-0.4, -0.2) is 63.5 Å². The molecule has 2 aliphatic rings. The van der Waals surface area contributed by atoms with Gasteiger partial charge in [0.1, 0.15) is 12.4 Å². The first-order valence-corrected chi connectivity index (χ1v) is 16.1. The summed E-state index contributed by atoms with van der Waals surface area (Å²) in [5, 5.41) is 14.1. The van der Waals surface area contributed by atoms with E-state index in [0.29, 0.717) is 47.3 Å². The quantitative estimate of drug-likeness (QED) is 0.209. The number of nitrogens with one attached hydrogen (secondary N) is 1. The average molecular weight is 637 g/mol. The molecule has 0 radical (unpaired) electrons. The number of ether oxygens (including phenoxy) is 3. The fraction of sp³-hybridized carbons (Fsp3) is 0.471. The van der Waals surface area contributed by atoms with Crippen molar-refractivity contribution < 1.29 is 19.0 Å². The lowest BCUT2D eigenvalue weighted by Gasteiger charge is -2.31. The van der Waals surface area contributed by atoms with Crippen LogP contribution < -0.4 is 4.74 Å². The molecule has 2 saturated heterocycles. The van der Waals surface area contributed by atoms with Crippen LogP contribution in [0.4, 0.5) is 0 Å². The fourth-order valence-corrected chi connectivity index (χ4v) is 5.01. The van der Waals surface area contributed by atoms with Gasteiger partial charge in [-0.15, -0.1) is 5.10 Å². The summed E-state index contributed by atoms with van der Waals surface area (Å²) in [5.74, 6) is 1.06. The highest BCUT2D eigenvalue weighted by molar-refractivity contribution is 6.31. The Morgan fingerprint density at radius 3 is 2.42 bits per heavy atom. The van der Waals surface area contributed by atoms with Gasteiger partial charge in [-0.25, -0.2) is 9.78 Å². The van der Waals surface area contributed by atoms with Crippen molar-refractivity contribution in [2.75, 3.05) is 26.8 Å². The molecule has 0 spiro atoms. The molecular weight excluding hydrogens is 592 g/mol. The first-order chi connectivity index (χ1) is 21.9. The molecule has 0 unspecified atom stereocenters. The summed E-state index contributed by atoms with van der Waals surface area (Å²) in [6, 6.07) is 14.7. The zero-order valence-corrected chi connectivity index (χ0v) is 27.9. The van der Waals surface area contributed by atoms with Gasteiger partial charge in [-0.1, -0.05) is 45.4 Å². The van der Waals surface area contributed by atoms with Crippen LogP contribution in [0.2, 0.25) is 5.02 Å². The smallest absolute Gasteiger partial charge is 0.337 e. The third kappa shape index (κ3) is 10.0. The summed E-state index contributed by atoms with van der Waals surface area (Å²) in [7, 11) is 1.37. The maximum Gasteiger partial charge on any atom is 0.337 e. The lowest BCUT2D eigenvalue weighted by Crippen LogP contribution is -2.34. The molecular formula is C34H45ClN6O4. The number of carbonyl (C=O) groups is 1. The third-order valence-corrected chi connectivity index (χ3v) is 7.68. The van der Waals surface area contributed by atoms with Gasteiger partial charge < -0.3 is 19.2 Å². The number of nitriles is 1. The number of carbonyl (C=O) groups excluding carboxylic acids is 1. The largest absolute Gasteiger partial charge is 0.472 e. The van der Waals surface area contributed by atoms with Crippen molar-refractivity contribution in [3.8, 4) is 11.9 Å². The molecule has 4 aromatic rings. The molecule has 10 nitrogen and oxygen atoms in total. The van der Waals surface area contributed by atoms with E-state index in [-0.39, 0.29) is 5.97 Å². The Kier molecular flexibility index (Phi) is 14.3. The van der Waals surface area contributed by atoms with Crippen LogP contribution in [0.25, 0.3) is 11.0 Å². The Bertz CT molecular complexity index is 1530. The van der Waals surface area contributed by atoms with Crippen molar-refractivity contribution in [3.05, 3.63) is 76.2 Å². The van der Waals surface area contributed by atoms with Gasteiger partial charge in [-0.2, -0.15) is 5.26 Å². The second-order valence-corrected chi connectivity index (χ2v) is 10.6. The molecule has 0 saturated carbocycles. The SMILES string of the molecule is CC.CC.COC(=O)c1ccc2nc(CN3CCC(n4ccc(OCc5ccc(C#N)cc5Cl)n4)CC3)[nH]c2c1.C[C@@H]1CCO1. The summed E-state index contributed by atoms with van der Waals surface area (Å²) in [4.78, 5) is 22.1. The molecule has 1 N–H and O–H groups in total. The zero-order valence-electron chi connectivity index (χ0n) is 27.2. The van der Waals surface area contributed by atoms with E-state index in [2.05, 4.69) is 33.0 Å². The standard InChI is InChI=1S/C26H25ClN6O3.C4H8O.2C2H6/c1-35-26(34)18-4-5-22-23(13-18)30-24(29-22)15-32-9-6-20(7-10-32)33-11-8-25(31-33)36-16-19-3-2-17(14-28)12-21(19)27;1-4-2-3-5-4;2*1-2/h2-5,8,11-13,20H,6-7,9-10,15-16H2,1H3,(H,29,30);4H,2-3H2,1H3;2*1-2H3/t;4-;;/m.1../s1. The molecule has 242 valence electrons. The minimum atomic E-state index is -0.361. The number of esters is 1. The van der Waals surface area contributed by atoms with E-state index in [1.54, 1.807) is 30.3 Å². The number of likely N-dealkylation sites (tertiary alicyclic amines) is 1. The number of fused-ring (bicyclic) bond motifs is 1. The van der Waals surface area contributed by atoms with Crippen LogP contribution in [0.3, 0.4) is 0 Å². The molecule has 4 heterocycles. The van der Waals surface area contributed by atoms with E-state index in [0.717, 1.165) is 55.0 Å². The van der Waals surface area contributed by atoms with Gasteiger partial charge in [0, 0.05) is 42.5 Å². The van der Waals surface area contributed by atoms with Crippen molar-refractivity contribution in [3.63, 3.8) is 0 Å². The second kappa shape index (κ2) is 18.2. The predicted molar refractivity (Wildman–Crippen MR) is 176 cm³/mol. The number of aromatic amines is 1. The number of aromatic nitrogens is 4. The minimum Gasteiger partial charge on any atom is -0.472 e. The highest BCUT2D eigenvalue weighted by Gasteiger charge is 2.22. The van der Waals surface area contributed by atoms with Crippen molar-refractivity contribution in [1.82, 2.24) is 24.6 Å². The van der Waals surface area contributed by atoms with E-state index in [1.165, 1.54) is 13.5 Å². The van der Waals surface area contributed by atoms with E-state index in [9.17, 15) is 4.79 Å². The number of hydrogen-bond acceptors (Lipinski definition) is 8. The molecule has 2 aromatic carbocycles. The summed E-state index contributed by atoms with van der Waals surface area (Å²) >= 11 is 6.23. The van der Waals surface area contributed by atoms with Gasteiger partial charge in [0.15, 0.2) is 0 Å². The van der Waals surface area contributed by atoms with Gasteiger partial charge in [0.05, 0.1) is 54.0 Å². The van der Waals surface area contributed by atoms with Crippen molar-refractivity contribution in [2.24, 2.45) is 0 Å². The average Bonchev–Trinajstić information content (AvgIpc) is 3.71. The number of H-pyrrole nitrogens is 1. The third-order valence-electron chi connectivity index (χ3n) is 7.32. The van der Waals surface area contributed by atoms with E-state index in [1.807, 2.05) is 50.7 Å². The minimum absolute atomic E-state index is 0.290. The van der Waals surface area contributed by atoms with E-state index in [4.69, 9.17) is 31.1 Å². The lowest BCUT2D eigenvalue weighted by molar-refractivity contribution is -0.0375. The van der Waals surface area contributed by atoms with Gasteiger partial charge in [-0.3, -0.25) is 9.58 Å². The van der Waals surface area contributed by atoms with Gasteiger partial charge in [0.2, 0.25) is 5.88 Å². The zero-order chi connectivity index (χ0) is 32.8. The maximum absolute atomic E-state index is 11.8. The number of nitrogens with zero attached hydrogens (tertiary/aromatic N) is 5. The fourth-order valence-electron chi connectivity index (χ4n) is 4.78. The highest BCUT2D eigenvalue weighted by atomic mass is 35.5. The lowest BCUT2D eigenvalue weighted by atomic mass is 10.1. The van der Waals surface area contributed by atoms with Crippen LogP contribution in [-0.2, 0) is 22.6 Å². The van der Waals surface area contributed by atoms with Crippen LogP contribution in [0, 0.1) is 11.3 Å². The highest BCUT2D eigenvalue weighted by Crippen LogP contribution is 2.25. The normalized spacial score (nSPS) is 16.0. The molecule has 45 heavy (non-hydrogen) atoms. The first kappa shape index (κ1) is 35.6. The van der Waals surface area contributed by atoms with E-state index >= 15 is 0 Å². The Morgan fingerprint density at radius 1 is 1.11 bits per heavy atom. The van der Waals surface area contributed by atoms with Crippen molar-refractivity contribution in [2.45, 2.75) is 79.2 Å². The Hall–Kier alpha value is -3.91. The van der Waals surface area contributed by atoms with Crippen molar-refractivity contribution >= 4 is 28.6 Å². The Balaban J connectivity index is 0.000000542. The van der Waals surface area contributed by atoms with Crippen molar-refractivity contribution in [1.29, 1.82) is 5.26 Å². The van der Waals surface area contributed by atoms with Crippen LogP contribution in [0.1, 0.15) is 87.2 Å².